The van der Waals surface area contributed by atoms with Crippen LogP contribution in [0.1, 0.15) is 31.1 Å². The minimum absolute atomic E-state index is 0.228. The predicted molar refractivity (Wildman–Crippen MR) is 84.5 cm³/mol. The standard InChI is InChI=1S/C18H15NO5/c20-13(11-24-18(23)12-6-2-1-3-7-12)10-19-16(21)14-8-4-5-9-15(14)17(19)22/h1-9,13,20H,10-11H2/t13-/m0/s1. The maximum absolute atomic E-state index is 12.2. The molecule has 1 aliphatic heterocycles. The van der Waals surface area contributed by atoms with Gasteiger partial charge in [-0.05, 0) is 24.3 Å². The van der Waals surface area contributed by atoms with Crippen LogP contribution in [0.25, 0.3) is 0 Å². The Balaban J connectivity index is 1.58. The van der Waals surface area contributed by atoms with E-state index in [9.17, 15) is 19.5 Å². The number of aliphatic hydroxyl groups is 1. The molecular formula is C18H15NO5. The van der Waals surface area contributed by atoms with Gasteiger partial charge in [0, 0.05) is 0 Å². The molecule has 6 nitrogen and oxygen atoms in total. The van der Waals surface area contributed by atoms with Crippen molar-refractivity contribution in [3.05, 3.63) is 71.3 Å². The highest BCUT2D eigenvalue weighted by atomic mass is 16.5. The van der Waals surface area contributed by atoms with Gasteiger partial charge in [0.05, 0.1) is 23.2 Å². The van der Waals surface area contributed by atoms with Crippen LogP contribution >= 0.6 is 0 Å². The molecule has 0 unspecified atom stereocenters. The molecule has 1 atom stereocenters. The van der Waals surface area contributed by atoms with Gasteiger partial charge < -0.3 is 9.84 Å². The number of ether oxygens (including phenoxy) is 1. The van der Waals surface area contributed by atoms with Gasteiger partial charge in [0.2, 0.25) is 0 Å². The molecular weight excluding hydrogens is 310 g/mol. The molecule has 1 aliphatic rings. The van der Waals surface area contributed by atoms with Crippen LogP contribution in [0.2, 0.25) is 0 Å². The van der Waals surface area contributed by atoms with E-state index in [2.05, 4.69) is 0 Å². The summed E-state index contributed by atoms with van der Waals surface area (Å²) in [6.45, 7) is -0.532. The van der Waals surface area contributed by atoms with Gasteiger partial charge >= 0.3 is 5.97 Å². The van der Waals surface area contributed by atoms with Crippen molar-refractivity contribution in [2.24, 2.45) is 0 Å². The fraction of sp³-hybridized carbons (Fsp3) is 0.167. The monoisotopic (exact) mass is 325 g/mol. The first kappa shape index (κ1) is 15.9. The van der Waals surface area contributed by atoms with Crippen LogP contribution in [0.3, 0.4) is 0 Å². The summed E-state index contributed by atoms with van der Waals surface area (Å²) in [6, 6.07) is 14.8. The van der Waals surface area contributed by atoms with Crippen LogP contribution in [0.5, 0.6) is 0 Å². The largest absolute Gasteiger partial charge is 0.459 e. The normalized spacial score (nSPS) is 14.5. The lowest BCUT2D eigenvalue weighted by Crippen LogP contribution is -2.39. The number of amides is 2. The third-order valence-corrected chi connectivity index (χ3v) is 3.69. The van der Waals surface area contributed by atoms with E-state index < -0.39 is 23.9 Å². The molecule has 0 saturated heterocycles. The number of rotatable bonds is 5. The molecule has 6 heteroatoms. The molecule has 0 radical (unpaired) electrons. The van der Waals surface area contributed by atoms with Gasteiger partial charge in [-0.3, -0.25) is 14.5 Å². The number of esters is 1. The molecule has 0 bridgehead atoms. The Hall–Kier alpha value is -2.99. The van der Waals surface area contributed by atoms with E-state index in [1.165, 1.54) is 0 Å². The molecule has 2 aromatic carbocycles. The van der Waals surface area contributed by atoms with Crippen LogP contribution in [0.4, 0.5) is 0 Å². The fourth-order valence-corrected chi connectivity index (χ4v) is 2.50. The number of benzene rings is 2. The average Bonchev–Trinajstić information content (AvgIpc) is 2.86. The summed E-state index contributed by atoms with van der Waals surface area (Å²) in [7, 11) is 0. The minimum atomic E-state index is -1.15. The molecule has 122 valence electrons. The molecule has 0 spiro atoms. The smallest absolute Gasteiger partial charge is 0.338 e. The quantitative estimate of drug-likeness (QED) is 0.665. The Morgan fingerprint density at radius 2 is 1.50 bits per heavy atom. The second kappa shape index (κ2) is 6.64. The summed E-state index contributed by atoms with van der Waals surface area (Å²) in [6.07, 6.45) is -1.15. The summed E-state index contributed by atoms with van der Waals surface area (Å²) >= 11 is 0. The van der Waals surface area contributed by atoms with Crippen molar-refractivity contribution in [3.63, 3.8) is 0 Å². The van der Waals surface area contributed by atoms with Crippen molar-refractivity contribution < 1.29 is 24.2 Å². The van der Waals surface area contributed by atoms with Crippen LogP contribution in [-0.2, 0) is 4.74 Å². The van der Waals surface area contributed by atoms with E-state index in [4.69, 9.17) is 4.74 Å². The van der Waals surface area contributed by atoms with E-state index in [1.54, 1.807) is 54.6 Å². The Labute approximate surface area is 138 Å². The summed E-state index contributed by atoms with van der Waals surface area (Å²) in [5, 5.41) is 10.00. The second-order valence-corrected chi connectivity index (χ2v) is 5.38. The number of carbonyl (C=O) groups excluding carboxylic acids is 3. The number of hydrogen-bond donors (Lipinski definition) is 1. The molecule has 2 amide bonds. The molecule has 1 heterocycles. The van der Waals surface area contributed by atoms with Gasteiger partial charge in [-0.2, -0.15) is 0 Å². The summed E-state index contributed by atoms with van der Waals surface area (Å²) < 4.78 is 5.01. The average molecular weight is 325 g/mol. The number of carbonyl (C=O) groups is 3. The summed E-state index contributed by atoms with van der Waals surface area (Å²) in [5.74, 6) is -1.48. The van der Waals surface area contributed by atoms with Gasteiger partial charge in [0.25, 0.3) is 11.8 Å². The van der Waals surface area contributed by atoms with Crippen molar-refractivity contribution in [1.82, 2.24) is 4.90 Å². The Morgan fingerprint density at radius 3 is 2.08 bits per heavy atom. The first-order valence-electron chi connectivity index (χ1n) is 7.43. The lowest BCUT2D eigenvalue weighted by Gasteiger charge is -2.18. The van der Waals surface area contributed by atoms with Crippen LogP contribution in [-0.4, -0.2) is 47.0 Å². The zero-order valence-electron chi connectivity index (χ0n) is 12.7. The number of imide groups is 1. The van der Waals surface area contributed by atoms with Gasteiger partial charge in [-0.15, -0.1) is 0 Å². The number of fused-ring (bicyclic) bond motifs is 1. The van der Waals surface area contributed by atoms with Gasteiger partial charge in [0.15, 0.2) is 0 Å². The molecule has 0 aromatic heterocycles. The number of hydrogen-bond acceptors (Lipinski definition) is 5. The van der Waals surface area contributed by atoms with E-state index >= 15 is 0 Å². The fourth-order valence-electron chi connectivity index (χ4n) is 2.50. The van der Waals surface area contributed by atoms with Gasteiger partial charge in [-0.1, -0.05) is 30.3 Å². The van der Waals surface area contributed by atoms with E-state index in [-0.39, 0.29) is 13.2 Å². The van der Waals surface area contributed by atoms with Crippen LogP contribution in [0.15, 0.2) is 54.6 Å². The summed E-state index contributed by atoms with van der Waals surface area (Å²) in [4.78, 5) is 37.2. The predicted octanol–water partition coefficient (Wildman–Crippen LogP) is 1.50. The maximum Gasteiger partial charge on any atom is 0.338 e. The number of β-amino-alcohol motifs (C(OH)–C–C–N with tert-alkyl or cyclic N) is 1. The molecule has 0 saturated carbocycles. The Morgan fingerprint density at radius 1 is 0.958 bits per heavy atom. The Bertz CT molecular complexity index is 752. The van der Waals surface area contributed by atoms with Gasteiger partial charge in [0.1, 0.15) is 12.7 Å². The third-order valence-electron chi connectivity index (χ3n) is 3.69. The molecule has 0 aliphatic carbocycles. The molecule has 2 aromatic rings. The molecule has 0 fully saturated rings. The van der Waals surface area contributed by atoms with E-state index in [1.807, 2.05) is 0 Å². The van der Waals surface area contributed by atoms with Gasteiger partial charge in [-0.25, -0.2) is 4.79 Å². The van der Waals surface area contributed by atoms with Crippen molar-refractivity contribution in [3.8, 4) is 0 Å². The highest BCUT2D eigenvalue weighted by Gasteiger charge is 2.36. The minimum Gasteiger partial charge on any atom is -0.459 e. The first-order valence-corrected chi connectivity index (χ1v) is 7.43. The Kier molecular flexibility index (Phi) is 4.39. The van der Waals surface area contributed by atoms with Crippen molar-refractivity contribution in [2.45, 2.75) is 6.10 Å². The molecule has 24 heavy (non-hydrogen) atoms. The third kappa shape index (κ3) is 3.04. The number of aliphatic hydroxyl groups excluding tert-OH is 1. The molecule has 3 rings (SSSR count). The summed E-state index contributed by atoms with van der Waals surface area (Å²) in [5.41, 5.74) is 0.998. The number of nitrogens with zero attached hydrogens (tertiary/aromatic N) is 1. The van der Waals surface area contributed by atoms with Crippen LogP contribution in [0, 0.1) is 0 Å². The van der Waals surface area contributed by atoms with Crippen LogP contribution < -0.4 is 0 Å². The van der Waals surface area contributed by atoms with Crippen molar-refractivity contribution in [1.29, 1.82) is 0 Å². The SMILES string of the molecule is O=C(OC[C@@H](O)CN1C(=O)c2ccccc2C1=O)c1ccccc1. The lowest BCUT2D eigenvalue weighted by atomic mass is 10.1. The maximum atomic E-state index is 12.2. The first-order chi connectivity index (χ1) is 11.6. The molecule has 1 N–H and O–H groups in total. The lowest BCUT2D eigenvalue weighted by molar-refractivity contribution is 0.0169. The highest BCUT2D eigenvalue weighted by molar-refractivity contribution is 6.21. The highest BCUT2D eigenvalue weighted by Crippen LogP contribution is 2.22. The zero-order chi connectivity index (χ0) is 17.1. The topological polar surface area (TPSA) is 83.9 Å². The van der Waals surface area contributed by atoms with E-state index in [0.29, 0.717) is 16.7 Å². The zero-order valence-corrected chi connectivity index (χ0v) is 12.7. The second-order valence-electron chi connectivity index (χ2n) is 5.38. The van der Waals surface area contributed by atoms with Crippen molar-refractivity contribution >= 4 is 17.8 Å². The van der Waals surface area contributed by atoms with E-state index in [0.717, 1.165) is 4.90 Å². The van der Waals surface area contributed by atoms with Crippen molar-refractivity contribution in [2.75, 3.05) is 13.2 Å².